The van der Waals surface area contributed by atoms with E-state index < -0.39 is 0 Å². The molecule has 0 rings (SSSR count). The molecule has 0 nitrogen and oxygen atoms in total. The van der Waals surface area contributed by atoms with Gasteiger partial charge in [0.2, 0.25) is 0 Å². The van der Waals surface area contributed by atoms with Crippen molar-refractivity contribution in [1.29, 1.82) is 0 Å². The number of hydrogen-bond acceptors (Lipinski definition) is 0. The Morgan fingerprint density at radius 3 is 1.08 bits per heavy atom. The van der Waals surface area contributed by atoms with Crippen LogP contribution in [-0.4, -0.2) is 0 Å². The van der Waals surface area contributed by atoms with E-state index in [9.17, 15) is 0 Å². The Morgan fingerprint density at radius 2 is 1.08 bits per heavy atom. The zero-order valence-electron chi connectivity index (χ0n) is 10.2. The third-order valence-corrected chi connectivity index (χ3v) is 0.289. The van der Waals surface area contributed by atoms with Gasteiger partial charge in [0, 0.05) is 0 Å². The normalized spacial score (nSPS) is 7.92. The van der Waals surface area contributed by atoms with E-state index in [1.54, 1.807) is 0 Å². The SMILES string of the molecule is C.C=CCC.CC(C)(C)C.CCC. The van der Waals surface area contributed by atoms with Gasteiger partial charge in [-0.1, -0.05) is 68.4 Å². The van der Waals surface area contributed by atoms with Gasteiger partial charge < -0.3 is 0 Å². The van der Waals surface area contributed by atoms with Crippen molar-refractivity contribution >= 4 is 0 Å². The van der Waals surface area contributed by atoms with Crippen molar-refractivity contribution in [3.63, 3.8) is 0 Å². The fraction of sp³-hybridized carbons (Fsp3) is 0.846. The smallest absolute Gasteiger partial charge is 0.0382 e. The van der Waals surface area contributed by atoms with Crippen LogP contribution >= 0.6 is 0 Å². The molecule has 0 radical (unpaired) electrons. The molecule has 0 aromatic rings. The molecule has 0 saturated heterocycles. The molecule has 84 valence electrons. The van der Waals surface area contributed by atoms with Crippen LogP contribution in [0.3, 0.4) is 0 Å². The van der Waals surface area contributed by atoms with Crippen molar-refractivity contribution in [3.8, 4) is 0 Å². The average Bonchev–Trinajstić information content (AvgIpc) is 1.85. The molecular weight excluding hydrogens is 156 g/mol. The van der Waals surface area contributed by atoms with Crippen LogP contribution in [0.15, 0.2) is 12.7 Å². The van der Waals surface area contributed by atoms with Crippen LogP contribution in [0, 0.1) is 5.41 Å². The van der Waals surface area contributed by atoms with E-state index in [2.05, 4.69) is 55.0 Å². The first-order valence-corrected chi connectivity index (χ1v) is 4.94. The molecule has 0 unspecified atom stereocenters. The van der Waals surface area contributed by atoms with Crippen molar-refractivity contribution in [2.45, 2.75) is 68.7 Å². The van der Waals surface area contributed by atoms with E-state index in [0.717, 1.165) is 6.42 Å². The van der Waals surface area contributed by atoms with Crippen molar-refractivity contribution in [1.82, 2.24) is 0 Å². The van der Waals surface area contributed by atoms with Crippen LogP contribution in [0.4, 0.5) is 0 Å². The van der Waals surface area contributed by atoms with Gasteiger partial charge in [-0.05, 0) is 11.8 Å². The molecule has 0 aromatic heterocycles. The topological polar surface area (TPSA) is 0 Å². The van der Waals surface area contributed by atoms with Crippen molar-refractivity contribution in [2.24, 2.45) is 5.41 Å². The summed E-state index contributed by atoms with van der Waals surface area (Å²) in [5, 5.41) is 0. The monoisotopic (exact) mass is 188 g/mol. The summed E-state index contributed by atoms with van der Waals surface area (Å²) in [6, 6.07) is 0. The van der Waals surface area contributed by atoms with Gasteiger partial charge in [-0.15, -0.1) is 6.58 Å². The molecule has 0 amide bonds. The van der Waals surface area contributed by atoms with Crippen LogP contribution in [0.2, 0.25) is 0 Å². The van der Waals surface area contributed by atoms with E-state index >= 15 is 0 Å². The quantitative estimate of drug-likeness (QED) is 0.464. The summed E-state index contributed by atoms with van der Waals surface area (Å²) in [4.78, 5) is 0. The lowest BCUT2D eigenvalue weighted by atomic mass is 10.0. The van der Waals surface area contributed by atoms with Gasteiger partial charge in [0.15, 0.2) is 0 Å². The Bertz CT molecular complexity index is 58.6. The van der Waals surface area contributed by atoms with Gasteiger partial charge in [-0.3, -0.25) is 0 Å². The maximum atomic E-state index is 3.48. The molecule has 0 N–H and O–H groups in total. The van der Waals surface area contributed by atoms with Crippen molar-refractivity contribution in [2.75, 3.05) is 0 Å². The van der Waals surface area contributed by atoms with E-state index in [-0.39, 0.29) is 7.43 Å². The second-order valence-corrected chi connectivity index (χ2v) is 4.40. The molecule has 0 aliphatic carbocycles. The summed E-state index contributed by atoms with van der Waals surface area (Å²) >= 11 is 0. The van der Waals surface area contributed by atoms with Crippen molar-refractivity contribution in [3.05, 3.63) is 12.7 Å². The van der Waals surface area contributed by atoms with Gasteiger partial charge >= 0.3 is 0 Å². The molecule has 13 heavy (non-hydrogen) atoms. The Morgan fingerprint density at radius 1 is 1.00 bits per heavy atom. The van der Waals surface area contributed by atoms with E-state index in [0.29, 0.717) is 5.41 Å². The highest BCUT2D eigenvalue weighted by Gasteiger charge is 1.95. The van der Waals surface area contributed by atoms with Crippen molar-refractivity contribution < 1.29 is 0 Å². The highest BCUT2D eigenvalue weighted by molar-refractivity contribution is 4.60. The lowest BCUT2D eigenvalue weighted by Gasteiger charge is -2.05. The largest absolute Gasteiger partial charge is 0.103 e. The fourth-order valence-corrected chi connectivity index (χ4v) is 0. The minimum Gasteiger partial charge on any atom is -0.103 e. The standard InChI is InChI=1S/C5H12.C4H8.C3H8.CH4/c1-5(2,3)4;1-3-4-2;1-3-2;/h1-4H3;3H,1,4H2,2H3;3H2,1-2H3;1H4. The Labute approximate surface area is 87.4 Å². The Balaban J connectivity index is -0.0000000465. The zero-order chi connectivity index (χ0) is 10.6. The lowest BCUT2D eigenvalue weighted by Crippen LogP contribution is -1.93. The first kappa shape index (κ1) is 23.0. The summed E-state index contributed by atoms with van der Waals surface area (Å²) in [6.45, 7) is 18.5. The molecule has 0 aliphatic rings. The number of allylic oxidation sites excluding steroid dienone is 1. The molecule has 0 atom stereocenters. The van der Waals surface area contributed by atoms with E-state index in [1.807, 2.05) is 6.08 Å². The maximum absolute atomic E-state index is 3.48. The minimum absolute atomic E-state index is 0. The minimum atomic E-state index is 0. The Kier molecular flexibility index (Phi) is 31.3. The molecule has 0 heteroatoms. The second kappa shape index (κ2) is 17.7. The lowest BCUT2D eigenvalue weighted by molar-refractivity contribution is 0.469. The highest BCUT2D eigenvalue weighted by Crippen LogP contribution is 2.07. The van der Waals surface area contributed by atoms with E-state index in [1.165, 1.54) is 6.42 Å². The van der Waals surface area contributed by atoms with Crippen LogP contribution in [0.5, 0.6) is 0 Å². The predicted octanol–water partition coefficient (Wildman–Crippen LogP) is 5.69. The highest BCUT2D eigenvalue weighted by atomic mass is 14.0. The van der Waals surface area contributed by atoms with Crippen LogP contribution in [0.1, 0.15) is 68.7 Å². The fourth-order valence-electron chi connectivity index (χ4n) is 0. The van der Waals surface area contributed by atoms with Crippen LogP contribution < -0.4 is 0 Å². The summed E-state index contributed by atoms with van der Waals surface area (Å²) < 4.78 is 0. The maximum Gasteiger partial charge on any atom is -0.0382 e. The predicted molar refractivity (Wildman–Crippen MR) is 68.3 cm³/mol. The van der Waals surface area contributed by atoms with Crippen LogP contribution in [-0.2, 0) is 0 Å². The number of rotatable bonds is 1. The van der Waals surface area contributed by atoms with Gasteiger partial charge in [0.25, 0.3) is 0 Å². The molecule has 0 heterocycles. The third kappa shape index (κ3) is 2030. The van der Waals surface area contributed by atoms with Gasteiger partial charge in [0.1, 0.15) is 0 Å². The molecule has 0 fully saturated rings. The van der Waals surface area contributed by atoms with Gasteiger partial charge in [-0.25, -0.2) is 0 Å². The van der Waals surface area contributed by atoms with Gasteiger partial charge in [0.05, 0.1) is 0 Å². The van der Waals surface area contributed by atoms with Gasteiger partial charge in [-0.2, -0.15) is 0 Å². The third-order valence-electron chi connectivity index (χ3n) is 0.289. The molecule has 0 bridgehead atoms. The summed E-state index contributed by atoms with van der Waals surface area (Å²) in [6.07, 6.45) is 4.21. The number of hydrogen-bond donors (Lipinski definition) is 0. The molecule has 0 saturated carbocycles. The zero-order valence-corrected chi connectivity index (χ0v) is 10.2. The first-order valence-electron chi connectivity index (χ1n) is 4.94. The molecule has 0 aromatic carbocycles. The molecule has 0 aliphatic heterocycles. The summed E-state index contributed by atoms with van der Waals surface area (Å²) in [5.74, 6) is 0. The first-order chi connectivity index (χ1) is 5.33. The molecular formula is C13H32. The van der Waals surface area contributed by atoms with E-state index in [4.69, 9.17) is 0 Å². The van der Waals surface area contributed by atoms with Crippen LogP contribution in [0.25, 0.3) is 0 Å². The summed E-state index contributed by atoms with van der Waals surface area (Å²) in [7, 11) is 0. The second-order valence-electron chi connectivity index (χ2n) is 4.40. The average molecular weight is 188 g/mol. The Hall–Kier alpha value is -0.260. The molecule has 0 spiro atoms. The summed E-state index contributed by atoms with van der Waals surface area (Å²) in [5.41, 5.74) is 0.500.